The molecule has 2 heterocycles. The zero-order valence-electron chi connectivity index (χ0n) is 9.72. The average molecular weight is 223 g/mol. The molecule has 1 fully saturated rings. The van der Waals surface area contributed by atoms with Crippen LogP contribution >= 0.6 is 0 Å². The van der Waals surface area contributed by atoms with Gasteiger partial charge in [-0.1, -0.05) is 0 Å². The third-order valence-corrected chi connectivity index (χ3v) is 2.60. The minimum absolute atomic E-state index is 0.211. The second kappa shape index (κ2) is 5.23. The molecule has 5 heteroatoms. The summed E-state index contributed by atoms with van der Waals surface area (Å²) < 4.78 is 10.7. The molecule has 0 amide bonds. The molecule has 0 aliphatic carbocycles. The lowest BCUT2D eigenvalue weighted by Gasteiger charge is -2.12. The number of hydrogen-bond acceptors (Lipinski definition) is 5. The molecule has 1 atom stereocenters. The first-order chi connectivity index (χ1) is 7.78. The molecule has 1 aliphatic rings. The predicted octanol–water partition coefficient (Wildman–Crippen LogP) is 0.706. The van der Waals surface area contributed by atoms with E-state index in [-0.39, 0.29) is 6.10 Å². The van der Waals surface area contributed by atoms with Crippen molar-refractivity contribution in [2.75, 3.05) is 27.2 Å². The van der Waals surface area contributed by atoms with Crippen molar-refractivity contribution in [1.82, 2.24) is 14.9 Å². The van der Waals surface area contributed by atoms with Crippen LogP contribution in [0.1, 0.15) is 12.1 Å². The maximum Gasteiger partial charge on any atom is 0.316 e. The van der Waals surface area contributed by atoms with Crippen LogP contribution in [0.25, 0.3) is 0 Å². The standard InChI is InChI=1S/C11H17N3O2/c1-14-6-4-10(7-14)16-11-12-5-3-9(13-11)8-15-2/h3,5,10H,4,6-8H2,1-2H3. The Morgan fingerprint density at radius 1 is 1.56 bits per heavy atom. The van der Waals surface area contributed by atoms with Crippen LogP contribution in [-0.2, 0) is 11.3 Å². The second-order valence-corrected chi connectivity index (χ2v) is 4.05. The van der Waals surface area contributed by atoms with E-state index in [1.165, 1.54) is 0 Å². The van der Waals surface area contributed by atoms with Crippen LogP contribution < -0.4 is 4.74 Å². The summed E-state index contributed by atoms with van der Waals surface area (Å²) in [4.78, 5) is 10.6. The van der Waals surface area contributed by atoms with E-state index in [0.717, 1.165) is 25.2 Å². The Bertz CT molecular complexity index is 346. The van der Waals surface area contributed by atoms with Gasteiger partial charge in [0.25, 0.3) is 0 Å². The second-order valence-electron chi connectivity index (χ2n) is 4.05. The number of likely N-dealkylation sites (tertiary alicyclic amines) is 1. The molecule has 1 unspecified atom stereocenters. The van der Waals surface area contributed by atoms with E-state index in [1.807, 2.05) is 6.07 Å². The van der Waals surface area contributed by atoms with E-state index >= 15 is 0 Å². The molecule has 0 saturated carbocycles. The smallest absolute Gasteiger partial charge is 0.316 e. The molecular weight excluding hydrogens is 206 g/mol. The Morgan fingerprint density at radius 2 is 2.44 bits per heavy atom. The van der Waals surface area contributed by atoms with Gasteiger partial charge in [-0.2, -0.15) is 4.98 Å². The van der Waals surface area contributed by atoms with Gasteiger partial charge >= 0.3 is 6.01 Å². The minimum Gasteiger partial charge on any atom is -0.459 e. The summed E-state index contributed by atoms with van der Waals surface area (Å²) in [6.07, 6.45) is 2.95. The topological polar surface area (TPSA) is 47.5 Å². The molecule has 0 N–H and O–H groups in total. The zero-order valence-corrected chi connectivity index (χ0v) is 9.72. The van der Waals surface area contributed by atoms with Crippen molar-refractivity contribution in [3.8, 4) is 6.01 Å². The van der Waals surface area contributed by atoms with Crippen LogP contribution in [0.15, 0.2) is 12.3 Å². The molecule has 2 rings (SSSR count). The third-order valence-electron chi connectivity index (χ3n) is 2.60. The van der Waals surface area contributed by atoms with Crippen LogP contribution in [0.2, 0.25) is 0 Å². The fourth-order valence-electron chi connectivity index (χ4n) is 1.80. The van der Waals surface area contributed by atoms with Gasteiger partial charge in [0.15, 0.2) is 0 Å². The zero-order chi connectivity index (χ0) is 11.4. The summed E-state index contributed by atoms with van der Waals surface area (Å²) in [5, 5.41) is 0. The Morgan fingerprint density at radius 3 is 3.12 bits per heavy atom. The van der Waals surface area contributed by atoms with Gasteiger partial charge in [0.1, 0.15) is 6.10 Å². The summed E-state index contributed by atoms with van der Waals surface area (Å²) >= 11 is 0. The summed E-state index contributed by atoms with van der Waals surface area (Å²) in [7, 11) is 3.74. The maximum absolute atomic E-state index is 5.71. The van der Waals surface area contributed by atoms with E-state index in [9.17, 15) is 0 Å². The lowest BCUT2D eigenvalue weighted by Crippen LogP contribution is -2.22. The van der Waals surface area contributed by atoms with Gasteiger partial charge < -0.3 is 14.4 Å². The van der Waals surface area contributed by atoms with Gasteiger partial charge in [-0.3, -0.25) is 0 Å². The van der Waals surface area contributed by atoms with Crippen LogP contribution in [0.3, 0.4) is 0 Å². The molecule has 88 valence electrons. The lowest BCUT2D eigenvalue weighted by atomic mass is 10.3. The summed E-state index contributed by atoms with van der Waals surface area (Å²) in [6, 6.07) is 2.28. The van der Waals surface area contributed by atoms with Crippen molar-refractivity contribution in [2.24, 2.45) is 0 Å². The Balaban J connectivity index is 1.95. The van der Waals surface area contributed by atoms with Crippen molar-refractivity contribution in [2.45, 2.75) is 19.1 Å². The molecule has 1 saturated heterocycles. The highest BCUT2D eigenvalue weighted by molar-refractivity contribution is 5.05. The Hall–Kier alpha value is -1.20. The molecule has 0 radical (unpaired) electrons. The largest absolute Gasteiger partial charge is 0.459 e. The van der Waals surface area contributed by atoms with Crippen LogP contribution in [0.5, 0.6) is 6.01 Å². The third kappa shape index (κ3) is 2.90. The van der Waals surface area contributed by atoms with Crippen molar-refractivity contribution in [1.29, 1.82) is 0 Å². The number of hydrogen-bond donors (Lipinski definition) is 0. The van der Waals surface area contributed by atoms with Crippen molar-refractivity contribution >= 4 is 0 Å². The number of methoxy groups -OCH3 is 1. The van der Waals surface area contributed by atoms with Crippen LogP contribution in [0, 0.1) is 0 Å². The number of likely N-dealkylation sites (N-methyl/N-ethyl adjacent to an activating group) is 1. The average Bonchev–Trinajstić information content (AvgIpc) is 2.65. The molecule has 5 nitrogen and oxygen atoms in total. The summed E-state index contributed by atoms with van der Waals surface area (Å²) in [6.45, 7) is 2.50. The highest BCUT2D eigenvalue weighted by atomic mass is 16.5. The first kappa shape index (κ1) is 11.3. The van der Waals surface area contributed by atoms with E-state index in [1.54, 1.807) is 13.3 Å². The van der Waals surface area contributed by atoms with Crippen LogP contribution in [0.4, 0.5) is 0 Å². The molecule has 0 spiro atoms. The van der Waals surface area contributed by atoms with Crippen LogP contribution in [-0.4, -0.2) is 48.2 Å². The quantitative estimate of drug-likeness (QED) is 0.752. The molecule has 1 aromatic heterocycles. The van der Waals surface area contributed by atoms with Crippen molar-refractivity contribution in [3.63, 3.8) is 0 Å². The number of nitrogens with zero attached hydrogens (tertiary/aromatic N) is 3. The first-order valence-corrected chi connectivity index (χ1v) is 5.44. The molecule has 0 aromatic carbocycles. The molecule has 0 bridgehead atoms. The Kier molecular flexibility index (Phi) is 3.69. The van der Waals surface area contributed by atoms with Gasteiger partial charge in [0, 0.05) is 26.4 Å². The summed E-state index contributed by atoms with van der Waals surface area (Å²) in [5.41, 5.74) is 0.846. The van der Waals surface area contributed by atoms with E-state index in [2.05, 4.69) is 21.9 Å². The van der Waals surface area contributed by atoms with Gasteiger partial charge in [-0.05, 0) is 19.5 Å². The predicted molar refractivity (Wildman–Crippen MR) is 59.3 cm³/mol. The molecular formula is C11H17N3O2. The number of ether oxygens (including phenoxy) is 2. The molecule has 1 aliphatic heterocycles. The highest BCUT2D eigenvalue weighted by Gasteiger charge is 2.21. The fraction of sp³-hybridized carbons (Fsp3) is 0.636. The van der Waals surface area contributed by atoms with Crippen molar-refractivity contribution in [3.05, 3.63) is 18.0 Å². The molecule has 1 aromatic rings. The van der Waals surface area contributed by atoms with Gasteiger partial charge in [0.2, 0.25) is 0 Å². The molecule has 16 heavy (non-hydrogen) atoms. The van der Waals surface area contributed by atoms with Gasteiger partial charge in [-0.25, -0.2) is 4.98 Å². The monoisotopic (exact) mass is 223 g/mol. The number of aromatic nitrogens is 2. The minimum atomic E-state index is 0.211. The normalized spacial score (nSPS) is 21.2. The fourth-order valence-corrected chi connectivity index (χ4v) is 1.80. The van der Waals surface area contributed by atoms with E-state index in [0.29, 0.717) is 12.6 Å². The first-order valence-electron chi connectivity index (χ1n) is 5.44. The number of rotatable bonds is 4. The SMILES string of the molecule is COCc1ccnc(OC2CCN(C)C2)n1. The Labute approximate surface area is 95.4 Å². The highest BCUT2D eigenvalue weighted by Crippen LogP contribution is 2.13. The maximum atomic E-state index is 5.71. The van der Waals surface area contributed by atoms with Gasteiger partial charge in [0.05, 0.1) is 12.3 Å². The van der Waals surface area contributed by atoms with E-state index in [4.69, 9.17) is 9.47 Å². The summed E-state index contributed by atoms with van der Waals surface area (Å²) in [5.74, 6) is 0. The van der Waals surface area contributed by atoms with E-state index < -0.39 is 0 Å². The van der Waals surface area contributed by atoms with Crippen molar-refractivity contribution < 1.29 is 9.47 Å². The van der Waals surface area contributed by atoms with Gasteiger partial charge in [-0.15, -0.1) is 0 Å². The lowest BCUT2D eigenvalue weighted by molar-refractivity contribution is 0.172.